The summed E-state index contributed by atoms with van der Waals surface area (Å²) in [5.41, 5.74) is 2.83. The molecule has 0 radical (unpaired) electrons. The van der Waals surface area contributed by atoms with Gasteiger partial charge in [0, 0.05) is 35.6 Å². The van der Waals surface area contributed by atoms with E-state index in [2.05, 4.69) is 10.4 Å². The third-order valence-electron chi connectivity index (χ3n) is 4.67. The van der Waals surface area contributed by atoms with Gasteiger partial charge in [-0.25, -0.2) is 0 Å². The maximum absolute atomic E-state index is 12.6. The first-order valence-corrected chi connectivity index (χ1v) is 9.45. The minimum Gasteiger partial charge on any atom is -0.322 e. The van der Waals surface area contributed by atoms with Gasteiger partial charge in [-0.15, -0.1) is 0 Å². The number of carbonyl (C=O) groups excluding carboxylic acids is 2. The van der Waals surface area contributed by atoms with Crippen LogP contribution in [0.2, 0.25) is 5.02 Å². The third kappa shape index (κ3) is 3.92. The van der Waals surface area contributed by atoms with E-state index in [0.717, 1.165) is 17.7 Å². The van der Waals surface area contributed by atoms with E-state index in [9.17, 15) is 9.59 Å². The first-order valence-electron chi connectivity index (χ1n) is 9.08. The lowest BCUT2D eigenvalue weighted by Crippen LogP contribution is -2.23. The van der Waals surface area contributed by atoms with Gasteiger partial charge in [-0.05, 0) is 36.2 Å². The van der Waals surface area contributed by atoms with Crippen LogP contribution in [-0.4, -0.2) is 28.1 Å². The molecule has 1 aliphatic heterocycles. The van der Waals surface area contributed by atoms with Crippen molar-refractivity contribution >= 4 is 34.8 Å². The number of amides is 2. The number of hydrogen-bond donors (Lipinski definition) is 1. The van der Waals surface area contributed by atoms with Crippen molar-refractivity contribution in [1.29, 1.82) is 0 Å². The second-order valence-electron chi connectivity index (χ2n) is 6.67. The van der Waals surface area contributed by atoms with Gasteiger partial charge in [0.25, 0.3) is 5.91 Å². The van der Waals surface area contributed by atoms with Gasteiger partial charge in [0.15, 0.2) is 0 Å². The molecule has 0 bridgehead atoms. The van der Waals surface area contributed by atoms with Gasteiger partial charge in [0.1, 0.15) is 0 Å². The average Bonchev–Trinajstić information content (AvgIpc) is 3.33. The van der Waals surface area contributed by atoms with Gasteiger partial charge in [-0.2, -0.15) is 5.10 Å². The van der Waals surface area contributed by atoms with Gasteiger partial charge in [-0.1, -0.05) is 35.9 Å². The van der Waals surface area contributed by atoms with Gasteiger partial charge >= 0.3 is 0 Å². The molecular formula is C21H19ClN4O2. The molecule has 1 saturated heterocycles. The van der Waals surface area contributed by atoms with Gasteiger partial charge in [-0.3, -0.25) is 14.3 Å². The Kier molecular flexibility index (Phi) is 5.12. The van der Waals surface area contributed by atoms with Gasteiger partial charge in [0.2, 0.25) is 5.91 Å². The molecule has 1 N–H and O–H groups in total. The third-order valence-corrected chi connectivity index (χ3v) is 5.04. The Bertz CT molecular complexity index is 1030. The molecular weight excluding hydrogens is 376 g/mol. The standard InChI is InChI=1S/C21H19ClN4O2/c22-19-8-2-1-5-15(19)13-25-14-16(12-23-25)21(28)24-17-6-3-7-18(11-17)26-10-4-9-20(26)27/h1-3,5-8,11-12,14H,4,9-10,13H2,(H,24,28). The van der Waals surface area contributed by atoms with Crippen molar-refractivity contribution < 1.29 is 9.59 Å². The lowest BCUT2D eigenvalue weighted by Gasteiger charge is -2.16. The summed E-state index contributed by atoms with van der Waals surface area (Å²) < 4.78 is 1.68. The van der Waals surface area contributed by atoms with Crippen molar-refractivity contribution in [2.75, 3.05) is 16.8 Å². The minimum absolute atomic E-state index is 0.115. The summed E-state index contributed by atoms with van der Waals surface area (Å²) in [5.74, 6) is -0.139. The molecule has 4 rings (SSSR count). The van der Waals surface area contributed by atoms with Crippen LogP contribution in [-0.2, 0) is 11.3 Å². The van der Waals surface area contributed by atoms with Crippen LogP contribution < -0.4 is 10.2 Å². The smallest absolute Gasteiger partial charge is 0.258 e. The fourth-order valence-electron chi connectivity index (χ4n) is 3.24. The van der Waals surface area contributed by atoms with Crippen molar-refractivity contribution in [3.63, 3.8) is 0 Å². The molecule has 0 spiro atoms. The summed E-state index contributed by atoms with van der Waals surface area (Å²) in [6, 6.07) is 14.9. The van der Waals surface area contributed by atoms with Crippen LogP contribution in [0.3, 0.4) is 0 Å². The number of anilines is 2. The van der Waals surface area contributed by atoms with Crippen molar-refractivity contribution in [3.05, 3.63) is 77.1 Å². The number of aromatic nitrogens is 2. The highest BCUT2D eigenvalue weighted by molar-refractivity contribution is 6.31. The molecule has 142 valence electrons. The molecule has 0 saturated carbocycles. The molecule has 2 heterocycles. The Morgan fingerprint density at radius 2 is 2.04 bits per heavy atom. The van der Waals surface area contributed by atoms with E-state index in [1.807, 2.05) is 42.5 Å². The Balaban J connectivity index is 1.45. The maximum Gasteiger partial charge on any atom is 0.258 e. The fourth-order valence-corrected chi connectivity index (χ4v) is 3.44. The lowest BCUT2D eigenvalue weighted by atomic mass is 10.2. The fraction of sp³-hybridized carbons (Fsp3) is 0.190. The molecule has 6 nitrogen and oxygen atoms in total. The first-order chi connectivity index (χ1) is 13.6. The first kappa shape index (κ1) is 18.3. The number of nitrogens with one attached hydrogen (secondary N) is 1. The summed E-state index contributed by atoms with van der Waals surface area (Å²) in [4.78, 5) is 26.2. The molecule has 3 aromatic rings. The molecule has 0 atom stereocenters. The zero-order valence-electron chi connectivity index (χ0n) is 15.1. The van der Waals surface area contributed by atoms with Crippen LogP contribution >= 0.6 is 11.6 Å². The number of rotatable bonds is 5. The van der Waals surface area contributed by atoms with Crippen LogP contribution in [0.4, 0.5) is 11.4 Å². The lowest BCUT2D eigenvalue weighted by molar-refractivity contribution is -0.117. The maximum atomic E-state index is 12.6. The minimum atomic E-state index is -0.254. The molecule has 2 amide bonds. The number of carbonyl (C=O) groups is 2. The normalized spacial score (nSPS) is 13.8. The van der Waals surface area contributed by atoms with Crippen LogP contribution in [0.15, 0.2) is 60.9 Å². The van der Waals surface area contributed by atoms with E-state index in [-0.39, 0.29) is 11.8 Å². The Labute approximate surface area is 167 Å². The molecule has 7 heteroatoms. The summed E-state index contributed by atoms with van der Waals surface area (Å²) in [6.07, 6.45) is 4.65. The highest BCUT2D eigenvalue weighted by atomic mass is 35.5. The molecule has 1 aromatic heterocycles. The Hall–Kier alpha value is -3.12. The largest absolute Gasteiger partial charge is 0.322 e. The highest BCUT2D eigenvalue weighted by Gasteiger charge is 2.22. The SMILES string of the molecule is O=C(Nc1cccc(N2CCCC2=O)c1)c1cnn(Cc2ccccc2Cl)c1. The monoisotopic (exact) mass is 394 g/mol. The van der Waals surface area contributed by atoms with E-state index < -0.39 is 0 Å². The van der Waals surface area contributed by atoms with Crippen molar-refractivity contribution in [1.82, 2.24) is 9.78 Å². The zero-order chi connectivity index (χ0) is 19.5. The van der Waals surface area contributed by atoms with Crippen LogP contribution in [0, 0.1) is 0 Å². The van der Waals surface area contributed by atoms with Gasteiger partial charge < -0.3 is 10.2 Å². The highest BCUT2D eigenvalue weighted by Crippen LogP contribution is 2.24. The predicted octanol–water partition coefficient (Wildman–Crippen LogP) is 3.96. The van der Waals surface area contributed by atoms with E-state index in [1.54, 1.807) is 21.8 Å². The molecule has 1 fully saturated rings. The summed E-state index contributed by atoms with van der Waals surface area (Å²) >= 11 is 6.18. The Morgan fingerprint density at radius 1 is 1.18 bits per heavy atom. The molecule has 2 aromatic carbocycles. The van der Waals surface area contributed by atoms with Crippen LogP contribution in [0.25, 0.3) is 0 Å². The van der Waals surface area contributed by atoms with E-state index >= 15 is 0 Å². The number of nitrogens with zero attached hydrogens (tertiary/aromatic N) is 3. The molecule has 1 aliphatic rings. The van der Waals surface area contributed by atoms with E-state index in [1.165, 1.54) is 6.20 Å². The quantitative estimate of drug-likeness (QED) is 0.712. The predicted molar refractivity (Wildman–Crippen MR) is 109 cm³/mol. The zero-order valence-corrected chi connectivity index (χ0v) is 15.9. The summed E-state index contributed by atoms with van der Waals surface area (Å²) in [6.45, 7) is 1.20. The van der Waals surface area contributed by atoms with Gasteiger partial charge in [0.05, 0.1) is 18.3 Å². The van der Waals surface area contributed by atoms with Crippen LogP contribution in [0.1, 0.15) is 28.8 Å². The molecule has 0 aliphatic carbocycles. The molecule has 0 unspecified atom stereocenters. The molecule has 28 heavy (non-hydrogen) atoms. The average molecular weight is 395 g/mol. The number of hydrogen-bond acceptors (Lipinski definition) is 3. The van der Waals surface area contributed by atoms with E-state index in [4.69, 9.17) is 11.6 Å². The van der Waals surface area contributed by atoms with Crippen LogP contribution in [0.5, 0.6) is 0 Å². The van der Waals surface area contributed by atoms with Crippen molar-refractivity contribution in [2.24, 2.45) is 0 Å². The Morgan fingerprint density at radius 3 is 2.82 bits per heavy atom. The second-order valence-corrected chi connectivity index (χ2v) is 7.08. The number of halogens is 1. The van der Waals surface area contributed by atoms with Crippen molar-refractivity contribution in [2.45, 2.75) is 19.4 Å². The number of benzene rings is 2. The van der Waals surface area contributed by atoms with Crippen molar-refractivity contribution in [3.8, 4) is 0 Å². The topological polar surface area (TPSA) is 67.2 Å². The van der Waals surface area contributed by atoms with E-state index in [0.29, 0.717) is 35.8 Å². The second kappa shape index (κ2) is 7.86. The summed E-state index contributed by atoms with van der Waals surface area (Å²) in [5, 5.41) is 7.78. The summed E-state index contributed by atoms with van der Waals surface area (Å²) in [7, 11) is 0.